The number of thiazole rings is 1. The van der Waals surface area contributed by atoms with Crippen LogP contribution in [0.25, 0.3) is 27.9 Å². The first kappa shape index (κ1) is 35.4. The standard InChI is InChI=1S/C42H56NS.ClH/c1-39(2,3)30-21-28(22-31(25-30)40(4,5)6)34-17-16-18-35(38(34)43-27-44-37-20-15-13-14-19-36(37)43)29-23-32(41(7,8)9)26-33(24-29)42(10,11)12;/h16-18,21-27H,13-15,19-20H2,1-12H3;1H/q+1;/p-1. The van der Waals surface area contributed by atoms with Crippen LogP contribution >= 0.6 is 11.3 Å². The van der Waals surface area contributed by atoms with E-state index in [-0.39, 0.29) is 34.1 Å². The first-order valence-electron chi connectivity index (χ1n) is 16.8. The number of hydrogen-bond acceptors (Lipinski definition) is 1. The van der Waals surface area contributed by atoms with Crippen LogP contribution < -0.4 is 17.0 Å². The maximum absolute atomic E-state index is 2.59. The van der Waals surface area contributed by atoms with Crippen molar-refractivity contribution in [2.24, 2.45) is 0 Å². The highest BCUT2D eigenvalue weighted by Crippen LogP contribution is 2.41. The number of aromatic nitrogens is 1. The van der Waals surface area contributed by atoms with Crippen molar-refractivity contribution in [1.82, 2.24) is 0 Å². The van der Waals surface area contributed by atoms with Crippen molar-refractivity contribution in [3.05, 3.63) is 92.9 Å². The van der Waals surface area contributed by atoms with Gasteiger partial charge >= 0.3 is 0 Å². The van der Waals surface area contributed by atoms with E-state index in [0.717, 1.165) is 6.42 Å². The number of benzene rings is 3. The molecule has 0 bridgehead atoms. The zero-order valence-electron chi connectivity index (χ0n) is 30.0. The Balaban J connectivity index is 0.00000461. The van der Waals surface area contributed by atoms with Crippen molar-refractivity contribution in [1.29, 1.82) is 0 Å². The number of aryl methyl sites for hydroxylation is 1. The summed E-state index contributed by atoms with van der Waals surface area (Å²) >= 11 is 1.96. The summed E-state index contributed by atoms with van der Waals surface area (Å²) in [5, 5.41) is 0. The summed E-state index contributed by atoms with van der Waals surface area (Å²) < 4.78 is 2.59. The molecule has 0 N–H and O–H groups in total. The molecule has 242 valence electrons. The van der Waals surface area contributed by atoms with Gasteiger partial charge in [0, 0.05) is 6.42 Å². The fraction of sp³-hybridized carbons (Fsp3) is 0.500. The number of nitrogens with zero attached hydrogens (tertiary/aromatic N) is 1. The van der Waals surface area contributed by atoms with E-state index in [1.165, 1.54) is 81.6 Å². The van der Waals surface area contributed by atoms with E-state index < -0.39 is 0 Å². The maximum Gasteiger partial charge on any atom is 0.231 e. The average Bonchev–Trinajstić information content (AvgIpc) is 3.17. The second-order valence-corrected chi connectivity index (χ2v) is 18.3. The summed E-state index contributed by atoms with van der Waals surface area (Å²) in [6.07, 6.45) is 6.24. The molecule has 0 saturated heterocycles. The van der Waals surface area contributed by atoms with E-state index in [1.54, 1.807) is 4.88 Å². The van der Waals surface area contributed by atoms with E-state index in [4.69, 9.17) is 0 Å². The molecule has 1 aliphatic rings. The molecule has 0 amide bonds. The molecule has 0 radical (unpaired) electrons. The number of fused-ring (bicyclic) bond motifs is 1. The number of hydrogen-bond donors (Lipinski definition) is 0. The van der Waals surface area contributed by atoms with Crippen LogP contribution in [0, 0.1) is 0 Å². The van der Waals surface area contributed by atoms with Gasteiger partial charge < -0.3 is 12.4 Å². The van der Waals surface area contributed by atoms with Crippen LogP contribution in [-0.2, 0) is 34.5 Å². The van der Waals surface area contributed by atoms with Gasteiger partial charge in [-0.2, -0.15) is 4.57 Å². The van der Waals surface area contributed by atoms with Gasteiger partial charge in [-0.1, -0.05) is 143 Å². The largest absolute Gasteiger partial charge is 1.00 e. The lowest BCUT2D eigenvalue weighted by Crippen LogP contribution is -3.00. The van der Waals surface area contributed by atoms with E-state index in [1.807, 2.05) is 11.3 Å². The highest BCUT2D eigenvalue weighted by atomic mass is 35.5. The first-order chi connectivity index (χ1) is 20.3. The molecule has 1 aromatic heterocycles. The van der Waals surface area contributed by atoms with Gasteiger partial charge in [0.25, 0.3) is 0 Å². The smallest absolute Gasteiger partial charge is 0.231 e. The maximum atomic E-state index is 2.59. The zero-order chi connectivity index (χ0) is 32.2. The third-order valence-electron chi connectivity index (χ3n) is 9.46. The Morgan fingerprint density at radius 1 is 0.533 bits per heavy atom. The molecule has 0 atom stereocenters. The van der Waals surface area contributed by atoms with E-state index in [0.29, 0.717) is 0 Å². The van der Waals surface area contributed by atoms with Crippen LogP contribution in [0.4, 0.5) is 0 Å². The molecule has 45 heavy (non-hydrogen) atoms. The summed E-state index contributed by atoms with van der Waals surface area (Å²) in [5.74, 6) is 0. The lowest BCUT2D eigenvalue weighted by atomic mass is 9.77. The van der Waals surface area contributed by atoms with Gasteiger partial charge in [-0.25, -0.2) is 0 Å². The van der Waals surface area contributed by atoms with Gasteiger partial charge in [0.15, 0.2) is 0 Å². The van der Waals surface area contributed by atoms with Crippen molar-refractivity contribution in [3.63, 3.8) is 0 Å². The predicted molar refractivity (Wildman–Crippen MR) is 193 cm³/mol. The molecule has 5 rings (SSSR count). The quantitative estimate of drug-likeness (QED) is 0.155. The minimum atomic E-state index is 0. The number of halogens is 1. The summed E-state index contributed by atoms with van der Waals surface area (Å²) in [4.78, 5) is 1.57. The fourth-order valence-corrected chi connectivity index (χ4v) is 7.42. The second-order valence-electron chi connectivity index (χ2n) is 17.3. The Labute approximate surface area is 284 Å². The number of rotatable bonds is 3. The Bertz CT molecular complexity index is 1500. The first-order valence-corrected chi connectivity index (χ1v) is 17.7. The third-order valence-corrected chi connectivity index (χ3v) is 10.5. The lowest BCUT2D eigenvalue weighted by molar-refractivity contribution is -0.597. The SMILES string of the molecule is CC(C)(C)c1cc(-c2cccc(-c3cc(C(C)(C)C)cc(C(C)(C)C)c3)c2-[n+]2csc3c2CCCCC3)cc(C(C)(C)C)c1.[Cl-]. The van der Waals surface area contributed by atoms with Crippen molar-refractivity contribution < 1.29 is 17.0 Å². The van der Waals surface area contributed by atoms with Crippen LogP contribution in [-0.4, -0.2) is 0 Å². The zero-order valence-corrected chi connectivity index (χ0v) is 31.6. The van der Waals surface area contributed by atoms with Gasteiger partial charge in [0.05, 0.1) is 16.0 Å². The van der Waals surface area contributed by atoms with Crippen molar-refractivity contribution in [2.45, 2.75) is 137 Å². The third kappa shape index (κ3) is 7.60. The normalized spacial score (nSPS) is 14.5. The van der Waals surface area contributed by atoms with Gasteiger partial charge in [-0.15, -0.1) is 0 Å². The predicted octanol–water partition coefficient (Wildman–Crippen LogP) is 8.82. The molecule has 1 aliphatic carbocycles. The molecule has 1 heterocycles. The van der Waals surface area contributed by atoms with Crippen molar-refractivity contribution in [2.75, 3.05) is 0 Å². The molecule has 0 saturated carbocycles. The molecule has 0 unspecified atom stereocenters. The Hall–Kier alpha value is -2.42. The highest BCUT2D eigenvalue weighted by molar-refractivity contribution is 7.09. The van der Waals surface area contributed by atoms with E-state index in [9.17, 15) is 0 Å². The average molecular weight is 642 g/mol. The topological polar surface area (TPSA) is 3.88 Å². The Kier molecular flexibility index (Phi) is 9.96. The summed E-state index contributed by atoms with van der Waals surface area (Å²) in [6, 6.07) is 21.8. The van der Waals surface area contributed by atoms with Crippen LogP contribution in [0.15, 0.2) is 60.1 Å². The van der Waals surface area contributed by atoms with Crippen molar-refractivity contribution >= 4 is 11.3 Å². The van der Waals surface area contributed by atoms with Crippen LogP contribution in [0.2, 0.25) is 0 Å². The summed E-state index contributed by atoms with van der Waals surface area (Å²) in [7, 11) is 0. The van der Waals surface area contributed by atoms with Gasteiger partial charge in [0.1, 0.15) is 0 Å². The van der Waals surface area contributed by atoms with Gasteiger partial charge in [0.2, 0.25) is 16.9 Å². The lowest BCUT2D eigenvalue weighted by Gasteiger charge is -2.27. The molecular formula is C42H56ClNS. The fourth-order valence-electron chi connectivity index (χ4n) is 6.36. The number of para-hydroxylation sites is 1. The molecule has 0 fully saturated rings. The highest BCUT2D eigenvalue weighted by Gasteiger charge is 2.31. The minimum absolute atomic E-state index is 0. The van der Waals surface area contributed by atoms with Gasteiger partial charge in [-0.3, -0.25) is 0 Å². The molecule has 3 heteroatoms. The summed E-state index contributed by atoms with van der Waals surface area (Å²) in [6.45, 7) is 28.1. The Morgan fingerprint density at radius 3 is 1.33 bits per heavy atom. The van der Waals surface area contributed by atoms with Gasteiger partial charge in [-0.05, 0) is 86.4 Å². The molecule has 1 nitrogen and oxygen atoms in total. The van der Waals surface area contributed by atoms with Crippen LogP contribution in [0.3, 0.4) is 0 Å². The second kappa shape index (κ2) is 12.6. The minimum Gasteiger partial charge on any atom is -1.00 e. The monoisotopic (exact) mass is 641 g/mol. The van der Waals surface area contributed by atoms with E-state index in [2.05, 4.69) is 148 Å². The molecule has 0 spiro atoms. The molecule has 3 aromatic carbocycles. The molecule has 4 aromatic rings. The Morgan fingerprint density at radius 2 is 0.933 bits per heavy atom. The summed E-state index contributed by atoms with van der Waals surface area (Å²) in [5.41, 5.74) is 16.4. The van der Waals surface area contributed by atoms with E-state index >= 15 is 0 Å². The molecular weight excluding hydrogens is 586 g/mol. The van der Waals surface area contributed by atoms with Crippen LogP contribution in [0.1, 0.15) is 135 Å². The molecule has 0 aliphatic heterocycles. The van der Waals surface area contributed by atoms with Crippen LogP contribution in [0.5, 0.6) is 0 Å². The van der Waals surface area contributed by atoms with Crippen molar-refractivity contribution in [3.8, 4) is 27.9 Å².